The van der Waals surface area contributed by atoms with Crippen molar-refractivity contribution in [3.8, 4) is 11.5 Å². The maximum atomic E-state index is 12.3. The first kappa shape index (κ1) is 15.5. The highest BCUT2D eigenvalue weighted by Crippen LogP contribution is 2.28. The number of amides is 1. The minimum absolute atomic E-state index is 0.150. The fraction of sp³-hybridized carbons (Fsp3) is 0.188. The zero-order valence-electron chi connectivity index (χ0n) is 13.1. The summed E-state index contributed by atoms with van der Waals surface area (Å²) in [4.78, 5) is 30.5. The van der Waals surface area contributed by atoms with Gasteiger partial charge < -0.3 is 5.32 Å². The van der Waals surface area contributed by atoms with Crippen LogP contribution in [-0.4, -0.2) is 33.4 Å². The van der Waals surface area contributed by atoms with E-state index in [0.717, 1.165) is 10.2 Å². The Hall–Kier alpha value is -3.07. The second-order valence-electron chi connectivity index (χ2n) is 5.26. The maximum Gasteiger partial charge on any atom is 0.225 e. The summed E-state index contributed by atoms with van der Waals surface area (Å²) in [6, 6.07) is 7.44. The van der Waals surface area contributed by atoms with Crippen LogP contribution in [0.5, 0.6) is 0 Å². The molecule has 0 aliphatic carbocycles. The molecule has 0 unspecified atom stereocenters. The Morgan fingerprint density at radius 2 is 2.20 bits per heavy atom. The zero-order chi connectivity index (χ0) is 17.1. The fourth-order valence-electron chi connectivity index (χ4n) is 2.37. The van der Waals surface area contributed by atoms with Crippen molar-refractivity contribution < 1.29 is 4.79 Å². The molecule has 0 saturated heterocycles. The normalized spacial score (nSPS) is 13.2. The van der Waals surface area contributed by atoms with Gasteiger partial charge in [0, 0.05) is 19.0 Å². The summed E-state index contributed by atoms with van der Waals surface area (Å²) in [5.74, 6) is 1.43. The average molecular weight is 351 g/mol. The van der Waals surface area contributed by atoms with Crippen molar-refractivity contribution in [2.24, 2.45) is 15.2 Å². The van der Waals surface area contributed by atoms with Gasteiger partial charge in [0.2, 0.25) is 5.91 Å². The number of hydrogen-bond donors (Lipinski definition) is 1. The van der Waals surface area contributed by atoms with Crippen LogP contribution in [0.3, 0.4) is 0 Å². The van der Waals surface area contributed by atoms with E-state index in [2.05, 4.69) is 35.5 Å². The predicted octanol–water partition coefficient (Wildman–Crippen LogP) is 3.29. The number of carbonyl (C=O) groups is 1. The van der Waals surface area contributed by atoms with Crippen LogP contribution in [0.1, 0.15) is 12.8 Å². The lowest BCUT2D eigenvalue weighted by atomic mass is 10.2. The second-order valence-corrected chi connectivity index (χ2v) is 6.15. The minimum Gasteiger partial charge on any atom is -0.310 e. The molecule has 8 nitrogen and oxygen atoms in total. The first-order valence-corrected chi connectivity index (χ1v) is 8.55. The largest absolute Gasteiger partial charge is 0.310 e. The van der Waals surface area contributed by atoms with Crippen molar-refractivity contribution in [3.05, 3.63) is 35.8 Å². The van der Waals surface area contributed by atoms with Crippen molar-refractivity contribution in [1.29, 1.82) is 0 Å². The van der Waals surface area contributed by atoms with Crippen molar-refractivity contribution >= 4 is 39.1 Å². The van der Waals surface area contributed by atoms with Gasteiger partial charge in [-0.15, -0.1) is 16.5 Å². The van der Waals surface area contributed by atoms with E-state index in [0.29, 0.717) is 36.3 Å². The molecule has 4 rings (SSSR count). The lowest BCUT2D eigenvalue weighted by molar-refractivity contribution is -0.116. The molecule has 1 amide bonds. The summed E-state index contributed by atoms with van der Waals surface area (Å²) >= 11 is 1.49. The molecule has 4 heterocycles. The number of rotatable bonds is 5. The third-order valence-corrected chi connectivity index (χ3v) is 4.36. The number of nitrogens with one attached hydrogen (secondary N) is 1. The number of aromatic nitrogens is 3. The van der Waals surface area contributed by atoms with Crippen LogP contribution in [0, 0.1) is 0 Å². The van der Waals surface area contributed by atoms with E-state index < -0.39 is 0 Å². The van der Waals surface area contributed by atoms with E-state index in [1.165, 1.54) is 11.3 Å². The first-order valence-electron chi connectivity index (χ1n) is 7.67. The van der Waals surface area contributed by atoms with Crippen LogP contribution >= 0.6 is 11.3 Å². The van der Waals surface area contributed by atoms with Gasteiger partial charge in [-0.2, -0.15) is 5.11 Å². The van der Waals surface area contributed by atoms with E-state index >= 15 is 0 Å². The highest BCUT2D eigenvalue weighted by molar-refractivity contribution is 7.16. The summed E-state index contributed by atoms with van der Waals surface area (Å²) < 4.78 is 0. The Morgan fingerprint density at radius 1 is 1.24 bits per heavy atom. The summed E-state index contributed by atoms with van der Waals surface area (Å²) in [6.45, 7) is 0.353. The number of anilines is 1. The third kappa shape index (κ3) is 3.41. The quantitative estimate of drug-likeness (QED) is 0.761. The maximum absolute atomic E-state index is 12.3. The molecule has 9 heteroatoms. The molecule has 0 spiro atoms. The van der Waals surface area contributed by atoms with E-state index in [9.17, 15) is 4.79 Å². The molecule has 3 aromatic heterocycles. The third-order valence-electron chi connectivity index (χ3n) is 3.56. The lowest BCUT2D eigenvalue weighted by Crippen LogP contribution is -2.14. The van der Waals surface area contributed by atoms with Gasteiger partial charge in [-0.3, -0.25) is 9.78 Å². The summed E-state index contributed by atoms with van der Waals surface area (Å²) in [5.41, 5.74) is 0.661. The number of amidine groups is 1. The number of nitrogens with zero attached hydrogens (tertiary/aromatic N) is 6. The van der Waals surface area contributed by atoms with Gasteiger partial charge in [-0.05, 0) is 23.6 Å². The molecule has 1 aliphatic heterocycles. The Morgan fingerprint density at radius 3 is 3.00 bits per heavy atom. The monoisotopic (exact) mass is 351 g/mol. The number of fused-ring (bicyclic) bond motifs is 1. The number of azo groups is 1. The summed E-state index contributed by atoms with van der Waals surface area (Å²) in [7, 11) is 0. The molecule has 0 atom stereocenters. The van der Waals surface area contributed by atoms with E-state index in [-0.39, 0.29) is 12.3 Å². The van der Waals surface area contributed by atoms with Gasteiger partial charge in [0.25, 0.3) is 0 Å². The van der Waals surface area contributed by atoms with Crippen molar-refractivity contribution in [1.82, 2.24) is 15.0 Å². The van der Waals surface area contributed by atoms with Gasteiger partial charge >= 0.3 is 0 Å². The standard InChI is InChI=1S/C16H13N7OS/c24-13(5-4-12-18-9-19-23-12)20-14-10-6-8-25-16(10)22-15(21-14)11-3-1-2-7-17-11/h1-3,6-8H,4-5,9H2,(H,20,21,22,24). The molecule has 0 saturated carbocycles. The van der Waals surface area contributed by atoms with Crippen LogP contribution < -0.4 is 5.32 Å². The predicted molar refractivity (Wildman–Crippen MR) is 95.7 cm³/mol. The Bertz CT molecular complexity index is 981. The Labute approximate surface area is 146 Å². The van der Waals surface area contributed by atoms with E-state index in [1.807, 2.05) is 29.6 Å². The summed E-state index contributed by atoms with van der Waals surface area (Å²) in [5, 5.41) is 13.2. The lowest BCUT2D eigenvalue weighted by Gasteiger charge is -2.07. The molecule has 0 aromatic carbocycles. The van der Waals surface area contributed by atoms with Gasteiger partial charge in [0.15, 0.2) is 12.5 Å². The number of thiophene rings is 1. The second kappa shape index (κ2) is 6.81. The van der Waals surface area contributed by atoms with Crippen LogP contribution in [0.4, 0.5) is 5.82 Å². The fourth-order valence-corrected chi connectivity index (χ4v) is 3.13. The number of aliphatic imine (C=N–C) groups is 1. The van der Waals surface area contributed by atoms with Crippen molar-refractivity contribution in [2.45, 2.75) is 12.8 Å². The van der Waals surface area contributed by atoms with Crippen LogP contribution in [-0.2, 0) is 4.79 Å². The molecular weight excluding hydrogens is 338 g/mol. The molecular formula is C16H13N7OS. The summed E-state index contributed by atoms with van der Waals surface area (Å²) in [6.07, 6.45) is 2.42. The highest BCUT2D eigenvalue weighted by Gasteiger charge is 2.14. The molecule has 1 N–H and O–H groups in total. The van der Waals surface area contributed by atoms with Gasteiger partial charge in [0.05, 0.1) is 5.39 Å². The highest BCUT2D eigenvalue weighted by atomic mass is 32.1. The van der Waals surface area contributed by atoms with Crippen molar-refractivity contribution in [3.63, 3.8) is 0 Å². The number of carbonyl (C=O) groups excluding carboxylic acids is 1. The van der Waals surface area contributed by atoms with E-state index in [1.54, 1.807) is 6.20 Å². The molecule has 0 fully saturated rings. The zero-order valence-corrected chi connectivity index (χ0v) is 13.9. The number of pyridine rings is 1. The van der Waals surface area contributed by atoms with Gasteiger partial charge in [-0.25, -0.2) is 15.0 Å². The molecule has 0 bridgehead atoms. The first-order chi connectivity index (χ1) is 12.3. The Kier molecular flexibility index (Phi) is 4.21. The van der Waals surface area contributed by atoms with Gasteiger partial charge in [-0.1, -0.05) is 6.07 Å². The molecule has 1 aliphatic rings. The molecule has 0 radical (unpaired) electrons. The number of hydrogen-bond acceptors (Lipinski definition) is 8. The van der Waals surface area contributed by atoms with Crippen LogP contribution in [0.2, 0.25) is 0 Å². The SMILES string of the molecule is O=C(CCC1=NCN=N1)Nc1nc(-c2ccccn2)nc2sccc12. The van der Waals surface area contributed by atoms with Crippen LogP contribution in [0.25, 0.3) is 21.7 Å². The molecule has 124 valence electrons. The van der Waals surface area contributed by atoms with E-state index in [4.69, 9.17) is 0 Å². The van der Waals surface area contributed by atoms with Gasteiger partial charge in [0.1, 0.15) is 22.2 Å². The Balaban J connectivity index is 1.58. The minimum atomic E-state index is -0.150. The molecule has 25 heavy (non-hydrogen) atoms. The van der Waals surface area contributed by atoms with Crippen molar-refractivity contribution in [2.75, 3.05) is 12.0 Å². The molecule has 3 aromatic rings. The smallest absolute Gasteiger partial charge is 0.225 e. The van der Waals surface area contributed by atoms with Crippen LogP contribution in [0.15, 0.2) is 51.1 Å². The topological polar surface area (TPSA) is 105 Å². The average Bonchev–Trinajstić information content (AvgIpc) is 3.32.